The maximum atomic E-state index is 6.24. The average Bonchev–Trinajstić information content (AvgIpc) is 3.13. The molecule has 2 aromatic heterocycles. The van der Waals surface area contributed by atoms with Crippen molar-refractivity contribution in [1.29, 1.82) is 0 Å². The van der Waals surface area contributed by atoms with Gasteiger partial charge >= 0.3 is 0 Å². The molecule has 2 aromatic carbocycles. The molecule has 0 fully saturated rings. The number of aromatic nitrogens is 2. The molecule has 0 aliphatic carbocycles. The fourth-order valence-electron chi connectivity index (χ4n) is 2.83. The Bertz CT molecular complexity index is 1100. The average molecular weight is 398 g/mol. The highest BCUT2D eigenvalue weighted by Crippen LogP contribution is 2.38. The number of benzene rings is 2. The van der Waals surface area contributed by atoms with Crippen molar-refractivity contribution >= 4 is 44.7 Å². The third-order valence-electron chi connectivity index (χ3n) is 4.19. The van der Waals surface area contributed by atoms with Crippen molar-refractivity contribution in [2.75, 3.05) is 19.5 Å². The predicted octanol–water partition coefficient (Wildman–Crippen LogP) is 5.77. The Balaban J connectivity index is 1.77. The predicted molar refractivity (Wildman–Crippen MR) is 111 cm³/mol. The van der Waals surface area contributed by atoms with Gasteiger partial charge in [0.25, 0.3) is 0 Å². The minimum Gasteiger partial charge on any atom is -0.497 e. The van der Waals surface area contributed by atoms with Crippen LogP contribution in [-0.2, 0) is 0 Å². The molecule has 0 amide bonds. The summed E-state index contributed by atoms with van der Waals surface area (Å²) in [6, 6.07) is 13.5. The summed E-state index contributed by atoms with van der Waals surface area (Å²) in [6.07, 6.45) is 1.56. The molecule has 4 aromatic rings. The first-order valence-corrected chi connectivity index (χ1v) is 9.42. The van der Waals surface area contributed by atoms with Crippen LogP contribution in [0.25, 0.3) is 21.3 Å². The summed E-state index contributed by atoms with van der Waals surface area (Å²) in [7, 11) is 3.25. The van der Waals surface area contributed by atoms with E-state index in [1.807, 2.05) is 42.5 Å². The van der Waals surface area contributed by atoms with Crippen LogP contribution < -0.4 is 14.8 Å². The van der Waals surface area contributed by atoms with Crippen LogP contribution in [0, 0.1) is 0 Å². The zero-order valence-electron chi connectivity index (χ0n) is 14.7. The number of rotatable bonds is 5. The number of methoxy groups -OCH3 is 2. The van der Waals surface area contributed by atoms with Crippen LogP contribution in [-0.4, -0.2) is 24.2 Å². The molecule has 0 atom stereocenters. The van der Waals surface area contributed by atoms with Crippen molar-refractivity contribution in [3.05, 3.63) is 59.2 Å². The summed E-state index contributed by atoms with van der Waals surface area (Å²) < 4.78 is 10.5. The van der Waals surface area contributed by atoms with Crippen molar-refractivity contribution < 1.29 is 9.47 Å². The molecule has 0 radical (unpaired) electrons. The number of hydrogen-bond acceptors (Lipinski definition) is 6. The molecule has 0 saturated carbocycles. The zero-order valence-corrected chi connectivity index (χ0v) is 16.3. The summed E-state index contributed by atoms with van der Waals surface area (Å²) in [5.41, 5.74) is 2.97. The van der Waals surface area contributed by atoms with Gasteiger partial charge in [-0.3, -0.25) is 0 Å². The largest absolute Gasteiger partial charge is 0.497 e. The molecule has 1 N–H and O–H groups in total. The van der Waals surface area contributed by atoms with Gasteiger partial charge in [-0.25, -0.2) is 9.97 Å². The molecular formula is C20H16ClN3O2S. The number of ether oxygens (including phenoxy) is 2. The van der Waals surface area contributed by atoms with Crippen LogP contribution in [0.2, 0.25) is 5.02 Å². The van der Waals surface area contributed by atoms with Gasteiger partial charge in [-0.2, -0.15) is 0 Å². The lowest BCUT2D eigenvalue weighted by Crippen LogP contribution is -1.96. The van der Waals surface area contributed by atoms with E-state index >= 15 is 0 Å². The maximum absolute atomic E-state index is 6.24. The normalized spacial score (nSPS) is 10.8. The monoisotopic (exact) mass is 397 g/mol. The fourth-order valence-corrected chi connectivity index (χ4v) is 4.01. The summed E-state index contributed by atoms with van der Waals surface area (Å²) in [4.78, 5) is 9.77. The standard InChI is InChI=1S/C20H16ClN3O2S/c1-25-14-6-3-12(4-7-14)15-10-27-20-18(15)19(22-11-23-20)24-13-5-8-17(26-2)16(21)9-13/h3-11H,1-2H3,(H,22,23,24). The van der Waals surface area contributed by atoms with Gasteiger partial charge in [-0.05, 0) is 35.9 Å². The van der Waals surface area contributed by atoms with Gasteiger partial charge in [0.05, 0.1) is 24.6 Å². The van der Waals surface area contributed by atoms with Crippen molar-refractivity contribution in [2.45, 2.75) is 0 Å². The minimum absolute atomic E-state index is 0.536. The second-order valence-electron chi connectivity index (χ2n) is 5.75. The Labute approximate surface area is 165 Å². The smallest absolute Gasteiger partial charge is 0.143 e. The number of anilines is 2. The van der Waals surface area contributed by atoms with Gasteiger partial charge < -0.3 is 14.8 Å². The number of thiophene rings is 1. The maximum Gasteiger partial charge on any atom is 0.143 e. The molecule has 0 spiro atoms. The lowest BCUT2D eigenvalue weighted by molar-refractivity contribution is 0.415. The highest BCUT2D eigenvalue weighted by molar-refractivity contribution is 7.17. The Morgan fingerprint density at radius 3 is 2.52 bits per heavy atom. The van der Waals surface area contributed by atoms with E-state index in [2.05, 4.69) is 20.7 Å². The van der Waals surface area contributed by atoms with E-state index < -0.39 is 0 Å². The number of halogens is 1. The molecule has 0 bridgehead atoms. The summed E-state index contributed by atoms with van der Waals surface area (Å²) in [5, 5.41) is 6.95. The van der Waals surface area contributed by atoms with Gasteiger partial charge in [-0.15, -0.1) is 11.3 Å². The van der Waals surface area contributed by atoms with E-state index in [4.69, 9.17) is 21.1 Å². The van der Waals surface area contributed by atoms with Crippen LogP contribution in [0.4, 0.5) is 11.5 Å². The molecule has 0 saturated heterocycles. The quantitative estimate of drug-likeness (QED) is 0.463. The van der Waals surface area contributed by atoms with Crippen LogP contribution in [0.3, 0.4) is 0 Å². The topological polar surface area (TPSA) is 56.3 Å². The second-order valence-corrected chi connectivity index (χ2v) is 7.02. The Morgan fingerprint density at radius 1 is 1.00 bits per heavy atom. The van der Waals surface area contributed by atoms with Crippen LogP contribution in [0.1, 0.15) is 0 Å². The molecule has 7 heteroatoms. The van der Waals surface area contributed by atoms with Crippen molar-refractivity contribution in [3.63, 3.8) is 0 Å². The van der Waals surface area contributed by atoms with Crippen molar-refractivity contribution in [1.82, 2.24) is 9.97 Å². The van der Waals surface area contributed by atoms with Gasteiger partial charge in [0, 0.05) is 16.6 Å². The third-order valence-corrected chi connectivity index (χ3v) is 5.37. The number of nitrogens with zero attached hydrogens (tertiary/aromatic N) is 2. The third kappa shape index (κ3) is 3.41. The minimum atomic E-state index is 0.536. The molecule has 5 nitrogen and oxygen atoms in total. The van der Waals surface area contributed by atoms with Gasteiger partial charge in [-0.1, -0.05) is 23.7 Å². The highest BCUT2D eigenvalue weighted by Gasteiger charge is 2.14. The first kappa shape index (κ1) is 17.6. The molecule has 0 aliphatic rings. The first-order valence-electron chi connectivity index (χ1n) is 8.17. The molecule has 2 heterocycles. The zero-order chi connectivity index (χ0) is 18.8. The van der Waals surface area contributed by atoms with Gasteiger partial charge in [0.15, 0.2) is 0 Å². The van der Waals surface area contributed by atoms with Gasteiger partial charge in [0.2, 0.25) is 0 Å². The number of nitrogens with one attached hydrogen (secondary N) is 1. The van der Waals surface area contributed by atoms with Crippen molar-refractivity contribution in [3.8, 4) is 22.6 Å². The second kappa shape index (κ2) is 7.42. The fraction of sp³-hybridized carbons (Fsp3) is 0.100. The molecular weight excluding hydrogens is 382 g/mol. The lowest BCUT2D eigenvalue weighted by atomic mass is 10.1. The molecule has 27 heavy (non-hydrogen) atoms. The van der Waals surface area contributed by atoms with E-state index in [-0.39, 0.29) is 0 Å². The van der Waals surface area contributed by atoms with E-state index in [0.29, 0.717) is 10.8 Å². The number of hydrogen-bond donors (Lipinski definition) is 1. The Hall–Kier alpha value is -2.83. The van der Waals surface area contributed by atoms with Crippen LogP contribution in [0.15, 0.2) is 54.2 Å². The highest BCUT2D eigenvalue weighted by atomic mass is 35.5. The summed E-state index contributed by atoms with van der Waals surface area (Å²) >= 11 is 7.83. The first-order chi connectivity index (χ1) is 13.2. The molecule has 136 valence electrons. The molecule has 0 unspecified atom stereocenters. The number of fused-ring (bicyclic) bond motifs is 1. The van der Waals surface area contributed by atoms with Crippen LogP contribution >= 0.6 is 22.9 Å². The summed E-state index contributed by atoms with van der Waals surface area (Å²) in [6.45, 7) is 0. The Kier molecular flexibility index (Phi) is 4.83. The molecule has 0 aliphatic heterocycles. The van der Waals surface area contributed by atoms with Crippen LogP contribution in [0.5, 0.6) is 11.5 Å². The SMILES string of the molecule is COc1ccc(-c2csc3ncnc(Nc4ccc(OC)c(Cl)c4)c23)cc1. The van der Waals surface area contributed by atoms with E-state index in [1.165, 1.54) is 0 Å². The molecule has 4 rings (SSSR count). The van der Waals surface area contributed by atoms with E-state index in [9.17, 15) is 0 Å². The van der Waals surface area contributed by atoms with E-state index in [0.717, 1.165) is 38.6 Å². The lowest BCUT2D eigenvalue weighted by Gasteiger charge is -2.10. The van der Waals surface area contributed by atoms with Gasteiger partial charge in [0.1, 0.15) is 28.5 Å². The Morgan fingerprint density at radius 2 is 1.81 bits per heavy atom. The van der Waals surface area contributed by atoms with E-state index in [1.54, 1.807) is 31.9 Å². The van der Waals surface area contributed by atoms with Crippen molar-refractivity contribution in [2.24, 2.45) is 0 Å². The summed E-state index contributed by atoms with van der Waals surface area (Å²) in [5.74, 6) is 2.18.